The van der Waals surface area contributed by atoms with Gasteiger partial charge in [0.1, 0.15) is 0 Å². The lowest BCUT2D eigenvalue weighted by molar-refractivity contribution is -0.124. The summed E-state index contributed by atoms with van der Waals surface area (Å²) in [5.41, 5.74) is 6.39. The molecule has 0 aliphatic carbocycles. The van der Waals surface area contributed by atoms with Crippen LogP contribution in [0.5, 0.6) is 11.5 Å². The van der Waals surface area contributed by atoms with Crippen LogP contribution >= 0.6 is 0 Å². The van der Waals surface area contributed by atoms with E-state index in [1.54, 1.807) is 14.2 Å². The fraction of sp³-hybridized carbons (Fsp3) is 0.556. The van der Waals surface area contributed by atoms with Crippen LogP contribution in [-0.2, 0) is 16.0 Å². The minimum absolute atomic E-state index is 0.00185. The number of carbonyl (C=O) groups is 2. The zero-order chi connectivity index (χ0) is 18.2. The van der Waals surface area contributed by atoms with Gasteiger partial charge in [-0.3, -0.25) is 14.5 Å². The van der Waals surface area contributed by atoms with Gasteiger partial charge in [-0.2, -0.15) is 0 Å². The number of amides is 2. The van der Waals surface area contributed by atoms with Gasteiger partial charge in [0.05, 0.1) is 20.8 Å². The van der Waals surface area contributed by atoms with E-state index in [0.717, 1.165) is 37.9 Å². The van der Waals surface area contributed by atoms with Crippen molar-refractivity contribution in [3.05, 3.63) is 23.8 Å². The van der Waals surface area contributed by atoms with Gasteiger partial charge < -0.3 is 20.5 Å². The number of nitrogens with one attached hydrogen (secondary N) is 1. The van der Waals surface area contributed by atoms with Gasteiger partial charge in [0.25, 0.3) is 0 Å². The number of nitrogens with two attached hydrogens (primary N) is 1. The molecule has 1 heterocycles. The molecule has 2 amide bonds. The summed E-state index contributed by atoms with van der Waals surface area (Å²) < 4.78 is 10.5. The first-order chi connectivity index (χ1) is 12.0. The van der Waals surface area contributed by atoms with E-state index in [2.05, 4.69) is 10.2 Å². The smallest absolute Gasteiger partial charge is 0.234 e. The number of hydrogen-bond donors (Lipinski definition) is 2. The number of nitrogens with zero attached hydrogens (tertiary/aromatic N) is 1. The van der Waals surface area contributed by atoms with Gasteiger partial charge in [0.15, 0.2) is 11.5 Å². The van der Waals surface area contributed by atoms with Gasteiger partial charge in [-0.15, -0.1) is 0 Å². The van der Waals surface area contributed by atoms with Gasteiger partial charge >= 0.3 is 0 Å². The maximum atomic E-state index is 12.1. The van der Waals surface area contributed by atoms with Gasteiger partial charge in [0.2, 0.25) is 11.8 Å². The van der Waals surface area contributed by atoms with Crippen molar-refractivity contribution in [2.24, 2.45) is 11.7 Å². The highest BCUT2D eigenvalue weighted by Gasteiger charge is 2.23. The van der Waals surface area contributed by atoms with Crippen LogP contribution in [0, 0.1) is 5.92 Å². The zero-order valence-corrected chi connectivity index (χ0v) is 14.9. The van der Waals surface area contributed by atoms with Crippen molar-refractivity contribution in [2.75, 3.05) is 40.4 Å². The number of ether oxygens (including phenoxy) is 2. The minimum Gasteiger partial charge on any atom is -0.493 e. The Morgan fingerprint density at radius 3 is 2.48 bits per heavy atom. The molecule has 3 N–H and O–H groups in total. The van der Waals surface area contributed by atoms with Gasteiger partial charge in [-0.1, -0.05) is 6.07 Å². The topological polar surface area (TPSA) is 93.9 Å². The van der Waals surface area contributed by atoms with Crippen LogP contribution in [0.15, 0.2) is 18.2 Å². The summed E-state index contributed by atoms with van der Waals surface area (Å²) in [6.45, 7) is 2.39. The van der Waals surface area contributed by atoms with E-state index in [1.807, 2.05) is 18.2 Å². The Morgan fingerprint density at radius 1 is 1.20 bits per heavy atom. The number of piperidine rings is 1. The number of benzene rings is 1. The second kappa shape index (κ2) is 9.27. The number of likely N-dealkylation sites (tertiary alicyclic amines) is 1. The van der Waals surface area contributed by atoms with Crippen LogP contribution in [0.2, 0.25) is 0 Å². The molecule has 0 atom stereocenters. The van der Waals surface area contributed by atoms with E-state index in [9.17, 15) is 9.59 Å². The molecule has 2 rings (SSSR count). The Morgan fingerprint density at radius 2 is 1.88 bits per heavy atom. The number of methoxy groups -OCH3 is 2. The standard InChI is InChI=1S/C18H27N3O4/c1-24-15-4-3-13(11-16(15)25-2)5-8-20-17(22)12-21-9-6-14(7-10-21)18(19)23/h3-4,11,14H,5-10,12H2,1-2H3,(H2,19,23)(H,20,22). The Hall–Kier alpha value is -2.28. The van der Waals surface area contributed by atoms with Crippen molar-refractivity contribution < 1.29 is 19.1 Å². The first-order valence-corrected chi connectivity index (χ1v) is 8.52. The van der Waals surface area contributed by atoms with Crippen LogP contribution in [0.25, 0.3) is 0 Å². The fourth-order valence-corrected chi connectivity index (χ4v) is 3.02. The zero-order valence-electron chi connectivity index (χ0n) is 14.9. The predicted octanol–water partition coefficient (Wildman–Crippen LogP) is 0.560. The van der Waals surface area contributed by atoms with E-state index in [-0.39, 0.29) is 17.7 Å². The summed E-state index contributed by atoms with van der Waals surface area (Å²) in [6.07, 6.45) is 2.18. The lowest BCUT2D eigenvalue weighted by Gasteiger charge is -2.29. The van der Waals surface area contributed by atoms with E-state index < -0.39 is 0 Å². The van der Waals surface area contributed by atoms with Crippen molar-refractivity contribution in [1.29, 1.82) is 0 Å². The highest BCUT2D eigenvalue weighted by atomic mass is 16.5. The lowest BCUT2D eigenvalue weighted by Crippen LogP contribution is -2.43. The SMILES string of the molecule is COc1ccc(CCNC(=O)CN2CCC(C(N)=O)CC2)cc1OC. The maximum absolute atomic E-state index is 12.1. The molecule has 1 aliphatic heterocycles. The van der Waals surface area contributed by atoms with Crippen molar-refractivity contribution in [3.63, 3.8) is 0 Å². The number of carbonyl (C=O) groups excluding carboxylic acids is 2. The van der Waals surface area contributed by atoms with Crippen LogP contribution in [0.1, 0.15) is 18.4 Å². The van der Waals surface area contributed by atoms with E-state index in [1.165, 1.54) is 0 Å². The monoisotopic (exact) mass is 349 g/mol. The Bertz CT molecular complexity index is 598. The van der Waals surface area contributed by atoms with E-state index in [4.69, 9.17) is 15.2 Å². The Labute approximate surface area is 148 Å². The molecular weight excluding hydrogens is 322 g/mol. The molecule has 1 aromatic carbocycles. The number of rotatable bonds is 8. The summed E-state index contributed by atoms with van der Waals surface area (Å²) in [6, 6.07) is 5.74. The summed E-state index contributed by atoms with van der Waals surface area (Å²) in [5.74, 6) is 1.08. The van der Waals surface area contributed by atoms with Crippen LogP contribution < -0.4 is 20.5 Å². The molecule has 138 valence electrons. The second-order valence-corrected chi connectivity index (χ2v) is 6.24. The van der Waals surface area contributed by atoms with Crippen molar-refractivity contribution in [1.82, 2.24) is 10.2 Å². The third-order valence-corrected chi connectivity index (χ3v) is 4.54. The predicted molar refractivity (Wildman–Crippen MR) is 94.6 cm³/mol. The minimum atomic E-state index is -0.237. The Kier molecular flexibility index (Phi) is 7.06. The highest BCUT2D eigenvalue weighted by molar-refractivity contribution is 5.78. The fourth-order valence-electron chi connectivity index (χ4n) is 3.02. The molecule has 0 aromatic heterocycles. The third kappa shape index (κ3) is 5.63. The molecule has 1 aromatic rings. The largest absolute Gasteiger partial charge is 0.493 e. The third-order valence-electron chi connectivity index (χ3n) is 4.54. The molecule has 0 bridgehead atoms. The quantitative estimate of drug-likeness (QED) is 0.715. The molecule has 1 aliphatic rings. The molecule has 0 saturated carbocycles. The average Bonchev–Trinajstić information content (AvgIpc) is 2.62. The van der Waals surface area contributed by atoms with Crippen LogP contribution in [0.3, 0.4) is 0 Å². The van der Waals surface area contributed by atoms with Crippen LogP contribution in [0.4, 0.5) is 0 Å². The molecule has 0 spiro atoms. The number of hydrogen-bond acceptors (Lipinski definition) is 5. The molecular formula is C18H27N3O4. The van der Waals surface area contributed by atoms with Crippen molar-refractivity contribution >= 4 is 11.8 Å². The molecule has 1 fully saturated rings. The average molecular weight is 349 g/mol. The molecule has 1 saturated heterocycles. The highest BCUT2D eigenvalue weighted by Crippen LogP contribution is 2.27. The molecule has 7 heteroatoms. The van der Waals surface area contributed by atoms with E-state index in [0.29, 0.717) is 24.6 Å². The molecule has 0 radical (unpaired) electrons. The Balaban J connectivity index is 1.71. The first-order valence-electron chi connectivity index (χ1n) is 8.52. The molecule has 25 heavy (non-hydrogen) atoms. The maximum Gasteiger partial charge on any atom is 0.234 e. The van der Waals surface area contributed by atoms with Gasteiger partial charge in [-0.05, 0) is 50.0 Å². The van der Waals surface area contributed by atoms with E-state index >= 15 is 0 Å². The summed E-state index contributed by atoms with van der Waals surface area (Å²) in [5, 5.41) is 2.93. The van der Waals surface area contributed by atoms with Crippen molar-refractivity contribution in [3.8, 4) is 11.5 Å². The normalized spacial score (nSPS) is 15.6. The lowest BCUT2D eigenvalue weighted by atomic mass is 9.96. The summed E-state index contributed by atoms with van der Waals surface area (Å²) in [4.78, 5) is 25.3. The van der Waals surface area contributed by atoms with Crippen molar-refractivity contribution in [2.45, 2.75) is 19.3 Å². The summed E-state index contributed by atoms with van der Waals surface area (Å²) in [7, 11) is 3.20. The van der Waals surface area contributed by atoms with Gasteiger partial charge in [-0.25, -0.2) is 0 Å². The van der Waals surface area contributed by atoms with Crippen LogP contribution in [-0.4, -0.2) is 57.1 Å². The summed E-state index contributed by atoms with van der Waals surface area (Å²) >= 11 is 0. The first kappa shape index (κ1) is 19.1. The second-order valence-electron chi connectivity index (χ2n) is 6.24. The molecule has 0 unspecified atom stereocenters. The number of primary amides is 1. The van der Waals surface area contributed by atoms with Gasteiger partial charge in [0, 0.05) is 12.5 Å². The molecule has 7 nitrogen and oxygen atoms in total.